The van der Waals surface area contributed by atoms with Crippen molar-refractivity contribution in [3.05, 3.63) is 69.3 Å². The van der Waals surface area contributed by atoms with E-state index < -0.39 is 35.8 Å². The van der Waals surface area contributed by atoms with Crippen LogP contribution in [0.5, 0.6) is 0 Å². The summed E-state index contributed by atoms with van der Waals surface area (Å²) in [6.07, 6.45) is -1.85. The lowest BCUT2D eigenvalue weighted by Gasteiger charge is -2.36. The Hall–Kier alpha value is -2.92. The van der Waals surface area contributed by atoms with Crippen molar-refractivity contribution < 1.29 is 38.1 Å². The zero-order valence-corrected chi connectivity index (χ0v) is 18.3. The molecule has 2 unspecified atom stereocenters. The lowest BCUT2D eigenvalue weighted by Crippen LogP contribution is -2.48. The van der Waals surface area contributed by atoms with Gasteiger partial charge < -0.3 is 19.7 Å². The van der Waals surface area contributed by atoms with E-state index in [-0.39, 0.29) is 24.3 Å². The summed E-state index contributed by atoms with van der Waals surface area (Å²) in [6, 6.07) is 5.57. The molecule has 2 atom stereocenters. The number of halogens is 2. The highest BCUT2D eigenvalue weighted by Crippen LogP contribution is 2.29. The van der Waals surface area contributed by atoms with Crippen molar-refractivity contribution in [2.75, 3.05) is 39.3 Å². The molecule has 5 rings (SSSR count). The number of rotatable bonds is 6. The summed E-state index contributed by atoms with van der Waals surface area (Å²) >= 11 is 0. The largest absolute Gasteiger partial charge is 0.457 e. The van der Waals surface area contributed by atoms with Crippen molar-refractivity contribution in [1.29, 1.82) is 0 Å². The number of esters is 2. The second-order valence-corrected chi connectivity index (χ2v) is 8.86. The van der Waals surface area contributed by atoms with E-state index in [1.165, 1.54) is 12.1 Å². The van der Waals surface area contributed by atoms with Crippen LogP contribution in [0.4, 0.5) is 8.78 Å². The highest BCUT2D eigenvalue weighted by Gasteiger charge is 2.30. The van der Waals surface area contributed by atoms with Crippen LogP contribution in [0.25, 0.3) is 0 Å². The number of aliphatic hydroxyl groups is 2. The minimum absolute atomic E-state index is 0.00407. The van der Waals surface area contributed by atoms with Crippen LogP contribution >= 0.6 is 0 Å². The van der Waals surface area contributed by atoms with Gasteiger partial charge in [0.15, 0.2) is 0 Å². The van der Waals surface area contributed by atoms with Crippen molar-refractivity contribution >= 4 is 11.9 Å². The highest BCUT2D eigenvalue weighted by atomic mass is 19.1. The molecule has 0 aromatic heterocycles. The van der Waals surface area contributed by atoms with Crippen LogP contribution in [0.2, 0.25) is 0 Å². The molecule has 1 saturated heterocycles. The summed E-state index contributed by atoms with van der Waals surface area (Å²) in [5.41, 5.74) is 1.55. The third-order valence-corrected chi connectivity index (χ3v) is 6.61. The van der Waals surface area contributed by atoms with E-state index in [9.17, 15) is 28.6 Å². The second kappa shape index (κ2) is 9.03. The number of piperazine rings is 1. The van der Waals surface area contributed by atoms with Crippen molar-refractivity contribution in [2.24, 2.45) is 0 Å². The molecule has 0 bridgehead atoms. The molecule has 3 aliphatic rings. The standard InChI is InChI=1S/C24H24F2N2O6/c25-17-7-13(5-15-11-33-23(31)21(15)17)19(29)9-27-1-2-28(4-3-27)10-20(30)14-6-16-12-34-24(32)22(16)18(26)8-14/h5-8,19-20,29-30H,1-4,9-12H2. The van der Waals surface area contributed by atoms with Crippen LogP contribution in [0.1, 0.15) is 55.2 Å². The average Bonchev–Trinajstić information content (AvgIpc) is 3.38. The third kappa shape index (κ3) is 4.29. The van der Waals surface area contributed by atoms with Gasteiger partial charge in [0.2, 0.25) is 0 Å². The monoisotopic (exact) mass is 474 g/mol. The first kappa shape index (κ1) is 22.9. The fraction of sp³-hybridized carbons (Fsp3) is 0.417. The minimum atomic E-state index is -0.924. The van der Waals surface area contributed by atoms with E-state index in [2.05, 4.69) is 0 Å². The Morgan fingerprint density at radius 1 is 0.735 bits per heavy atom. The summed E-state index contributed by atoms with van der Waals surface area (Å²) in [4.78, 5) is 27.2. The summed E-state index contributed by atoms with van der Waals surface area (Å²) < 4.78 is 38.3. The molecule has 0 amide bonds. The van der Waals surface area contributed by atoms with Crippen LogP contribution < -0.4 is 0 Å². The van der Waals surface area contributed by atoms with Gasteiger partial charge in [-0.15, -0.1) is 0 Å². The maximum absolute atomic E-state index is 14.3. The van der Waals surface area contributed by atoms with Crippen molar-refractivity contribution in [1.82, 2.24) is 9.80 Å². The number of hydrogen-bond acceptors (Lipinski definition) is 8. The molecule has 180 valence electrons. The normalized spacial score (nSPS) is 20.0. The van der Waals surface area contributed by atoms with Crippen LogP contribution in [0, 0.1) is 11.6 Å². The number of benzene rings is 2. The molecule has 8 nitrogen and oxygen atoms in total. The number of hydrogen-bond donors (Lipinski definition) is 2. The topological polar surface area (TPSA) is 99.5 Å². The van der Waals surface area contributed by atoms with Gasteiger partial charge in [-0.05, 0) is 35.4 Å². The first-order valence-corrected chi connectivity index (χ1v) is 11.1. The van der Waals surface area contributed by atoms with Crippen molar-refractivity contribution in [3.8, 4) is 0 Å². The molecule has 34 heavy (non-hydrogen) atoms. The van der Waals surface area contributed by atoms with Crippen LogP contribution in [-0.4, -0.2) is 71.2 Å². The smallest absolute Gasteiger partial charge is 0.341 e. The Kier molecular flexibility index (Phi) is 6.07. The molecule has 2 aromatic rings. The molecular formula is C24H24F2N2O6. The number of cyclic esters (lactones) is 2. The molecule has 2 N–H and O–H groups in total. The Bertz CT molecular complexity index is 1060. The maximum Gasteiger partial charge on any atom is 0.341 e. The van der Waals surface area contributed by atoms with Gasteiger partial charge in [0, 0.05) is 50.4 Å². The Balaban J connectivity index is 1.15. The fourth-order valence-corrected chi connectivity index (χ4v) is 4.73. The van der Waals surface area contributed by atoms with Gasteiger partial charge in [-0.2, -0.15) is 0 Å². The molecule has 0 aliphatic carbocycles. The van der Waals surface area contributed by atoms with Gasteiger partial charge in [0.1, 0.15) is 36.0 Å². The molecule has 0 radical (unpaired) electrons. The first-order valence-electron chi connectivity index (χ1n) is 11.1. The number of fused-ring (bicyclic) bond motifs is 2. The van der Waals surface area contributed by atoms with E-state index in [1.807, 2.05) is 9.80 Å². The van der Waals surface area contributed by atoms with Gasteiger partial charge in [-0.25, -0.2) is 18.4 Å². The predicted molar refractivity (Wildman–Crippen MR) is 114 cm³/mol. The van der Waals surface area contributed by atoms with Gasteiger partial charge in [0.05, 0.1) is 12.2 Å². The van der Waals surface area contributed by atoms with Gasteiger partial charge in [-0.1, -0.05) is 0 Å². The summed E-state index contributed by atoms with van der Waals surface area (Å²) in [5.74, 6) is -2.74. The van der Waals surface area contributed by atoms with E-state index in [4.69, 9.17) is 9.47 Å². The van der Waals surface area contributed by atoms with E-state index >= 15 is 0 Å². The maximum atomic E-state index is 14.3. The lowest BCUT2D eigenvalue weighted by molar-refractivity contribution is 0.0480. The van der Waals surface area contributed by atoms with Crippen molar-refractivity contribution in [3.63, 3.8) is 0 Å². The van der Waals surface area contributed by atoms with Gasteiger partial charge >= 0.3 is 11.9 Å². The van der Waals surface area contributed by atoms with Gasteiger partial charge in [-0.3, -0.25) is 9.80 Å². The molecule has 0 spiro atoms. The Morgan fingerprint density at radius 3 is 1.50 bits per heavy atom. The zero-order valence-electron chi connectivity index (χ0n) is 18.3. The van der Waals surface area contributed by atoms with E-state index in [0.717, 1.165) is 0 Å². The lowest BCUT2D eigenvalue weighted by atomic mass is 10.0. The van der Waals surface area contributed by atoms with Crippen LogP contribution in [0.15, 0.2) is 24.3 Å². The molecule has 10 heteroatoms. The highest BCUT2D eigenvalue weighted by molar-refractivity contribution is 5.94. The molecule has 1 fully saturated rings. The zero-order chi connectivity index (χ0) is 24.0. The summed E-state index contributed by atoms with van der Waals surface area (Å²) in [7, 11) is 0. The quantitative estimate of drug-likeness (QED) is 0.611. The second-order valence-electron chi connectivity index (χ2n) is 8.86. The number of β-amino-alcohol motifs (C(OH)–C–C–N with tert-alkyl or cyclic N) is 2. The molecular weight excluding hydrogens is 450 g/mol. The first-order chi connectivity index (χ1) is 16.3. The number of nitrogens with zero attached hydrogens (tertiary/aromatic N) is 2. The number of carbonyl (C=O) groups is 2. The van der Waals surface area contributed by atoms with E-state index in [0.29, 0.717) is 61.5 Å². The molecule has 0 saturated carbocycles. The third-order valence-electron chi connectivity index (χ3n) is 6.61. The Morgan fingerprint density at radius 2 is 1.12 bits per heavy atom. The predicted octanol–water partition coefficient (Wildman–Crippen LogP) is 1.69. The van der Waals surface area contributed by atoms with Crippen molar-refractivity contribution in [2.45, 2.75) is 25.4 Å². The minimum Gasteiger partial charge on any atom is -0.457 e. The fourth-order valence-electron chi connectivity index (χ4n) is 4.73. The summed E-state index contributed by atoms with van der Waals surface area (Å²) in [5, 5.41) is 21.2. The number of carbonyl (C=O) groups excluding carboxylic acids is 2. The van der Waals surface area contributed by atoms with E-state index in [1.54, 1.807) is 12.1 Å². The summed E-state index contributed by atoms with van der Waals surface area (Å²) in [6.45, 7) is 3.11. The van der Waals surface area contributed by atoms with Crippen LogP contribution in [-0.2, 0) is 22.7 Å². The van der Waals surface area contributed by atoms with Crippen LogP contribution in [0.3, 0.4) is 0 Å². The molecule has 2 aromatic carbocycles. The number of ether oxygens (including phenoxy) is 2. The number of aliphatic hydroxyl groups excluding tert-OH is 2. The SMILES string of the molecule is O=C1OCc2cc(C(O)CN3CCN(CC(O)c4cc(F)c5c(c4)COC5=O)CC3)cc(F)c21. The molecule has 3 aliphatic heterocycles. The Labute approximate surface area is 194 Å². The average molecular weight is 474 g/mol. The molecule has 3 heterocycles. The van der Waals surface area contributed by atoms with Gasteiger partial charge in [0.25, 0.3) is 0 Å².